The van der Waals surface area contributed by atoms with Gasteiger partial charge in [0.25, 0.3) is 0 Å². The van der Waals surface area contributed by atoms with Crippen molar-refractivity contribution in [3.63, 3.8) is 0 Å². The molecule has 136 valence electrons. The minimum absolute atomic E-state index is 0.254. The number of nitrogens with one attached hydrogen (secondary N) is 1. The van der Waals surface area contributed by atoms with Crippen molar-refractivity contribution in [2.75, 3.05) is 5.32 Å². The Morgan fingerprint density at radius 2 is 1.93 bits per heavy atom. The fourth-order valence-corrected chi connectivity index (χ4v) is 3.06. The molecule has 0 atom stereocenters. The molecule has 4 rings (SSSR count). The summed E-state index contributed by atoms with van der Waals surface area (Å²) in [6.07, 6.45) is 1.32. The van der Waals surface area contributed by atoms with E-state index in [0.717, 1.165) is 15.8 Å². The second kappa shape index (κ2) is 6.31. The van der Waals surface area contributed by atoms with Gasteiger partial charge in [-0.3, -0.25) is 4.79 Å². The van der Waals surface area contributed by atoms with Crippen molar-refractivity contribution in [3.05, 3.63) is 70.2 Å². The van der Waals surface area contributed by atoms with Crippen LogP contribution in [0.5, 0.6) is 0 Å². The standard InChI is InChI=1S/C19H16FN5O2/c1-11-4-3-5-12(2)17(11)22-16(26)9-25-19(27)24-10-21-15-7-6-13(20)8-14(15)18(24)23-25/h3-8,10H,9H2,1-2H3,(H,22,26). The molecule has 7 nitrogen and oxygen atoms in total. The van der Waals surface area contributed by atoms with Gasteiger partial charge in [0.05, 0.1) is 5.52 Å². The molecule has 0 spiro atoms. The van der Waals surface area contributed by atoms with Crippen LogP contribution in [0.3, 0.4) is 0 Å². The Labute approximate surface area is 153 Å². The van der Waals surface area contributed by atoms with Crippen molar-refractivity contribution in [1.29, 1.82) is 0 Å². The third-order valence-electron chi connectivity index (χ3n) is 4.42. The number of rotatable bonds is 3. The van der Waals surface area contributed by atoms with E-state index in [-0.39, 0.29) is 18.1 Å². The summed E-state index contributed by atoms with van der Waals surface area (Å²) in [4.78, 5) is 29.1. The lowest BCUT2D eigenvalue weighted by Gasteiger charge is -2.10. The van der Waals surface area contributed by atoms with E-state index in [1.165, 1.54) is 28.9 Å². The van der Waals surface area contributed by atoms with Gasteiger partial charge in [0.1, 0.15) is 18.7 Å². The third-order valence-corrected chi connectivity index (χ3v) is 4.42. The molecule has 1 N–H and O–H groups in total. The van der Waals surface area contributed by atoms with Crippen LogP contribution in [-0.4, -0.2) is 25.1 Å². The monoisotopic (exact) mass is 365 g/mol. The number of benzene rings is 2. The highest BCUT2D eigenvalue weighted by molar-refractivity contribution is 5.93. The Kier molecular flexibility index (Phi) is 3.95. The van der Waals surface area contributed by atoms with E-state index in [0.29, 0.717) is 16.6 Å². The SMILES string of the molecule is Cc1cccc(C)c1NC(=O)Cn1nc2c3cc(F)ccc3ncn2c1=O. The molecular weight excluding hydrogens is 349 g/mol. The fourth-order valence-electron chi connectivity index (χ4n) is 3.06. The Morgan fingerprint density at radius 1 is 1.19 bits per heavy atom. The normalized spacial score (nSPS) is 11.2. The van der Waals surface area contributed by atoms with Gasteiger partial charge in [-0.25, -0.2) is 23.3 Å². The summed E-state index contributed by atoms with van der Waals surface area (Å²) in [7, 11) is 0. The number of halogens is 1. The van der Waals surface area contributed by atoms with Crippen LogP contribution in [0.4, 0.5) is 10.1 Å². The lowest BCUT2D eigenvalue weighted by molar-refractivity contribution is -0.117. The molecule has 1 amide bonds. The van der Waals surface area contributed by atoms with Crippen molar-refractivity contribution >= 4 is 28.1 Å². The third kappa shape index (κ3) is 2.95. The van der Waals surface area contributed by atoms with Crippen molar-refractivity contribution < 1.29 is 9.18 Å². The quantitative estimate of drug-likeness (QED) is 0.605. The number of fused-ring (bicyclic) bond motifs is 3. The molecule has 0 aliphatic heterocycles. The number of aryl methyl sites for hydroxylation is 2. The average Bonchev–Trinajstić information content (AvgIpc) is 2.95. The molecule has 0 bridgehead atoms. The van der Waals surface area contributed by atoms with Crippen molar-refractivity contribution in [2.24, 2.45) is 0 Å². The maximum Gasteiger partial charge on any atom is 0.352 e. The summed E-state index contributed by atoms with van der Waals surface area (Å²) in [5, 5.41) is 7.43. The summed E-state index contributed by atoms with van der Waals surface area (Å²) < 4.78 is 15.8. The Balaban J connectivity index is 1.71. The molecule has 2 heterocycles. The highest BCUT2D eigenvalue weighted by atomic mass is 19.1. The molecule has 0 fully saturated rings. The molecule has 0 radical (unpaired) electrons. The number of anilines is 1. The Hall–Kier alpha value is -3.55. The topological polar surface area (TPSA) is 81.3 Å². The van der Waals surface area contributed by atoms with Crippen LogP contribution in [0.2, 0.25) is 0 Å². The van der Waals surface area contributed by atoms with Crippen molar-refractivity contribution in [2.45, 2.75) is 20.4 Å². The van der Waals surface area contributed by atoms with Gasteiger partial charge < -0.3 is 5.32 Å². The largest absolute Gasteiger partial charge is 0.352 e. The fraction of sp³-hybridized carbons (Fsp3) is 0.158. The molecule has 0 saturated carbocycles. The van der Waals surface area contributed by atoms with Gasteiger partial charge in [0.15, 0.2) is 5.65 Å². The highest BCUT2D eigenvalue weighted by Crippen LogP contribution is 2.19. The molecule has 2 aromatic carbocycles. The van der Waals surface area contributed by atoms with Gasteiger partial charge in [0.2, 0.25) is 5.91 Å². The summed E-state index contributed by atoms with van der Waals surface area (Å²) >= 11 is 0. The van der Waals surface area contributed by atoms with Gasteiger partial charge in [-0.1, -0.05) is 18.2 Å². The van der Waals surface area contributed by atoms with E-state index in [1.807, 2.05) is 32.0 Å². The second-order valence-corrected chi connectivity index (χ2v) is 6.35. The van der Waals surface area contributed by atoms with Crippen molar-refractivity contribution in [1.82, 2.24) is 19.2 Å². The molecule has 0 saturated heterocycles. The number of carbonyl (C=O) groups excluding carboxylic acids is 1. The summed E-state index contributed by atoms with van der Waals surface area (Å²) in [5.41, 5.74) is 2.83. The second-order valence-electron chi connectivity index (χ2n) is 6.35. The van der Waals surface area contributed by atoms with E-state index in [1.54, 1.807) is 0 Å². The first-order valence-electron chi connectivity index (χ1n) is 8.33. The van der Waals surface area contributed by atoms with E-state index in [9.17, 15) is 14.0 Å². The number of hydrogen-bond donors (Lipinski definition) is 1. The summed E-state index contributed by atoms with van der Waals surface area (Å²) in [6, 6.07) is 9.77. The molecule has 2 aromatic heterocycles. The number of hydrogen-bond acceptors (Lipinski definition) is 4. The van der Waals surface area contributed by atoms with Crippen LogP contribution in [0.1, 0.15) is 11.1 Å². The number of carbonyl (C=O) groups is 1. The molecular formula is C19H16FN5O2. The predicted octanol–water partition coefficient (Wildman–Crippen LogP) is 2.44. The summed E-state index contributed by atoms with van der Waals surface area (Å²) in [6.45, 7) is 3.53. The Morgan fingerprint density at radius 3 is 2.67 bits per heavy atom. The minimum Gasteiger partial charge on any atom is -0.324 e. The zero-order valence-electron chi connectivity index (χ0n) is 14.7. The smallest absolute Gasteiger partial charge is 0.324 e. The van der Waals surface area contributed by atoms with Crippen LogP contribution >= 0.6 is 0 Å². The van der Waals surface area contributed by atoms with Crippen molar-refractivity contribution in [3.8, 4) is 0 Å². The zero-order chi connectivity index (χ0) is 19.1. The molecule has 4 aromatic rings. The first-order valence-corrected chi connectivity index (χ1v) is 8.33. The predicted molar refractivity (Wildman–Crippen MR) is 99.3 cm³/mol. The van der Waals surface area contributed by atoms with Crippen LogP contribution in [0.15, 0.2) is 47.5 Å². The highest BCUT2D eigenvalue weighted by Gasteiger charge is 2.15. The van der Waals surface area contributed by atoms with Crippen LogP contribution in [0.25, 0.3) is 16.6 Å². The van der Waals surface area contributed by atoms with Crippen LogP contribution in [-0.2, 0) is 11.3 Å². The molecule has 0 unspecified atom stereocenters. The number of aromatic nitrogens is 4. The maximum atomic E-state index is 13.6. The average molecular weight is 365 g/mol. The Bertz CT molecular complexity index is 1240. The lowest BCUT2D eigenvalue weighted by atomic mass is 10.1. The number of amides is 1. The molecule has 27 heavy (non-hydrogen) atoms. The van der Waals surface area contributed by atoms with E-state index >= 15 is 0 Å². The van der Waals surface area contributed by atoms with Gasteiger partial charge in [-0.15, -0.1) is 5.10 Å². The minimum atomic E-state index is -0.514. The van der Waals surface area contributed by atoms with Gasteiger partial charge in [-0.2, -0.15) is 0 Å². The van der Waals surface area contributed by atoms with Crippen LogP contribution in [0, 0.1) is 19.7 Å². The lowest BCUT2D eigenvalue weighted by Crippen LogP contribution is -2.28. The van der Waals surface area contributed by atoms with Crippen LogP contribution < -0.4 is 11.0 Å². The van der Waals surface area contributed by atoms with Gasteiger partial charge in [-0.05, 0) is 43.2 Å². The van der Waals surface area contributed by atoms with Gasteiger partial charge in [0, 0.05) is 11.1 Å². The van der Waals surface area contributed by atoms with E-state index in [2.05, 4.69) is 15.4 Å². The zero-order valence-corrected chi connectivity index (χ0v) is 14.7. The first kappa shape index (κ1) is 16.9. The van der Waals surface area contributed by atoms with Gasteiger partial charge >= 0.3 is 5.69 Å². The number of nitrogens with zero attached hydrogens (tertiary/aromatic N) is 4. The van der Waals surface area contributed by atoms with E-state index < -0.39 is 11.5 Å². The first-order chi connectivity index (χ1) is 12.9. The van der Waals surface area contributed by atoms with E-state index in [4.69, 9.17) is 0 Å². The maximum absolute atomic E-state index is 13.6. The molecule has 8 heteroatoms. The number of para-hydroxylation sites is 1. The molecule has 0 aliphatic rings. The molecule has 0 aliphatic carbocycles. The summed E-state index contributed by atoms with van der Waals surface area (Å²) in [5.74, 6) is -0.825.